The number of hydrogen-bond donors (Lipinski definition) is 0. The predicted molar refractivity (Wildman–Crippen MR) is 120 cm³/mol. The number of hydrogen-bond acceptors (Lipinski definition) is 1. The zero-order chi connectivity index (χ0) is 18.4. The van der Waals surface area contributed by atoms with Gasteiger partial charge in [-0.05, 0) is 47.2 Å². The normalized spacial score (nSPS) is 11.3. The van der Waals surface area contributed by atoms with Crippen LogP contribution in [0.3, 0.4) is 0 Å². The van der Waals surface area contributed by atoms with E-state index in [9.17, 15) is 0 Å². The average Bonchev–Trinajstić information content (AvgIpc) is 3.10. The molecule has 0 atom stereocenters. The van der Waals surface area contributed by atoms with Crippen LogP contribution in [0.4, 0.5) is 0 Å². The van der Waals surface area contributed by atoms with Crippen molar-refractivity contribution >= 4 is 31.5 Å². The summed E-state index contributed by atoms with van der Waals surface area (Å²) >= 11 is 1.91. The Balaban J connectivity index is 1.82. The molecule has 130 valence electrons. The van der Waals surface area contributed by atoms with E-state index in [4.69, 9.17) is 0 Å². The first-order valence-corrected chi connectivity index (χ1v) is 10.1. The molecule has 0 N–H and O–H groups in total. The van der Waals surface area contributed by atoms with Gasteiger partial charge in [0.15, 0.2) is 0 Å². The fraction of sp³-hybridized carbons (Fsp3) is 0.0769. The molecular formula is C26H20S. The van der Waals surface area contributed by atoms with Gasteiger partial charge < -0.3 is 0 Å². The molecule has 5 aromatic rings. The summed E-state index contributed by atoms with van der Waals surface area (Å²) in [6.45, 7) is 4.36. The average molecular weight is 365 g/mol. The SMILES string of the molecule is Cc1ccc(-c2cccc3c2sc2c(-c4ccccc4)cccc23)cc1C. The van der Waals surface area contributed by atoms with Crippen LogP contribution in [0.5, 0.6) is 0 Å². The summed E-state index contributed by atoms with van der Waals surface area (Å²) in [6, 6.07) is 30.9. The maximum Gasteiger partial charge on any atom is 0.0434 e. The Hall–Kier alpha value is -2.90. The first-order chi connectivity index (χ1) is 13.2. The molecule has 0 saturated heterocycles. The lowest BCUT2D eigenvalue weighted by Crippen LogP contribution is -1.83. The first kappa shape index (κ1) is 16.3. The maximum atomic E-state index is 2.31. The third-order valence-electron chi connectivity index (χ3n) is 5.43. The summed E-state index contributed by atoms with van der Waals surface area (Å²) in [7, 11) is 0. The molecule has 0 aliphatic carbocycles. The van der Waals surface area contributed by atoms with Crippen molar-refractivity contribution in [1.82, 2.24) is 0 Å². The van der Waals surface area contributed by atoms with E-state index in [-0.39, 0.29) is 0 Å². The zero-order valence-corrected chi connectivity index (χ0v) is 16.3. The number of benzene rings is 4. The topological polar surface area (TPSA) is 0 Å². The molecule has 0 saturated carbocycles. The first-order valence-electron chi connectivity index (χ1n) is 9.29. The van der Waals surface area contributed by atoms with Gasteiger partial charge in [0.1, 0.15) is 0 Å². The second-order valence-electron chi connectivity index (χ2n) is 7.13. The summed E-state index contributed by atoms with van der Waals surface area (Å²) in [5.41, 5.74) is 7.92. The van der Waals surface area contributed by atoms with Crippen molar-refractivity contribution in [2.24, 2.45) is 0 Å². The quantitative estimate of drug-likeness (QED) is 0.297. The standard InChI is InChI=1S/C26H20S/c1-17-14-15-20(16-18(17)2)22-11-7-13-24-23-12-6-10-21(25(23)27-26(22)24)19-8-4-3-5-9-19/h3-16H,1-2H3. The second kappa shape index (κ2) is 6.37. The van der Waals surface area contributed by atoms with Crippen molar-refractivity contribution < 1.29 is 0 Å². The highest BCUT2D eigenvalue weighted by atomic mass is 32.1. The van der Waals surface area contributed by atoms with Crippen LogP contribution in [0, 0.1) is 13.8 Å². The maximum absolute atomic E-state index is 2.31. The van der Waals surface area contributed by atoms with Gasteiger partial charge in [-0.15, -0.1) is 11.3 Å². The minimum atomic E-state index is 1.28. The van der Waals surface area contributed by atoms with Crippen LogP contribution < -0.4 is 0 Å². The minimum Gasteiger partial charge on any atom is -0.134 e. The molecule has 1 heteroatoms. The van der Waals surface area contributed by atoms with Gasteiger partial charge >= 0.3 is 0 Å². The van der Waals surface area contributed by atoms with Crippen LogP contribution in [-0.4, -0.2) is 0 Å². The Bertz CT molecular complexity index is 1280. The second-order valence-corrected chi connectivity index (χ2v) is 8.15. The van der Waals surface area contributed by atoms with Crippen molar-refractivity contribution in [2.75, 3.05) is 0 Å². The van der Waals surface area contributed by atoms with E-state index in [2.05, 4.69) is 98.8 Å². The van der Waals surface area contributed by atoms with Crippen molar-refractivity contribution in [3.63, 3.8) is 0 Å². The van der Waals surface area contributed by atoms with Gasteiger partial charge in [-0.25, -0.2) is 0 Å². The van der Waals surface area contributed by atoms with Crippen molar-refractivity contribution in [1.29, 1.82) is 0 Å². The van der Waals surface area contributed by atoms with Crippen molar-refractivity contribution in [3.8, 4) is 22.3 Å². The third kappa shape index (κ3) is 2.67. The van der Waals surface area contributed by atoms with Crippen LogP contribution in [0.2, 0.25) is 0 Å². The van der Waals surface area contributed by atoms with Crippen molar-refractivity contribution in [2.45, 2.75) is 13.8 Å². The summed E-state index contributed by atoms with van der Waals surface area (Å²) in [6.07, 6.45) is 0. The van der Waals surface area contributed by atoms with E-state index in [1.165, 1.54) is 53.6 Å². The fourth-order valence-corrected chi connectivity index (χ4v) is 5.17. The van der Waals surface area contributed by atoms with Crippen LogP contribution in [0.25, 0.3) is 42.4 Å². The number of aryl methyl sites for hydroxylation is 2. The van der Waals surface area contributed by atoms with Gasteiger partial charge in [0.2, 0.25) is 0 Å². The molecule has 0 radical (unpaired) electrons. The van der Waals surface area contributed by atoms with Crippen LogP contribution in [0.15, 0.2) is 84.9 Å². The van der Waals surface area contributed by atoms with E-state index in [0.717, 1.165) is 0 Å². The van der Waals surface area contributed by atoms with E-state index in [1.807, 2.05) is 11.3 Å². The molecule has 5 rings (SSSR count). The monoisotopic (exact) mass is 364 g/mol. The van der Waals surface area contributed by atoms with Gasteiger partial charge in [-0.2, -0.15) is 0 Å². The Morgan fingerprint density at radius 1 is 0.519 bits per heavy atom. The molecule has 0 bridgehead atoms. The van der Waals surface area contributed by atoms with Crippen LogP contribution in [-0.2, 0) is 0 Å². The van der Waals surface area contributed by atoms with Crippen LogP contribution in [0.1, 0.15) is 11.1 Å². The van der Waals surface area contributed by atoms with Crippen molar-refractivity contribution in [3.05, 3.63) is 96.1 Å². The lowest BCUT2D eigenvalue weighted by molar-refractivity contribution is 1.34. The molecule has 0 fully saturated rings. The largest absolute Gasteiger partial charge is 0.134 e. The van der Waals surface area contributed by atoms with Crippen LogP contribution >= 0.6 is 11.3 Å². The third-order valence-corrected chi connectivity index (χ3v) is 6.71. The number of thiophene rings is 1. The number of fused-ring (bicyclic) bond motifs is 3. The highest BCUT2D eigenvalue weighted by molar-refractivity contribution is 7.26. The Morgan fingerprint density at radius 2 is 1.15 bits per heavy atom. The molecule has 0 nitrogen and oxygen atoms in total. The summed E-state index contributed by atoms with van der Waals surface area (Å²) in [5.74, 6) is 0. The van der Waals surface area contributed by atoms with Gasteiger partial charge in [0, 0.05) is 20.2 Å². The summed E-state index contributed by atoms with van der Waals surface area (Å²) in [4.78, 5) is 0. The van der Waals surface area contributed by atoms with E-state index >= 15 is 0 Å². The molecule has 0 spiro atoms. The molecule has 1 heterocycles. The van der Waals surface area contributed by atoms with Gasteiger partial charge in [0.05, 0.1) is 0 Å². The lowest BCUT2D eigenvalue weighted by atomic mass is 9.98. The molecule has 4 aromatic carbocycles. The highest BCUT2D eigenvalue weighted by Crippen LogP contribution is 2.43. The van der Waals surface area contributed by atoms with E-state index in [0.29, 0.717) is 0 Å². The molecular weight excluding hydrogens is 344 g/mol. The molecule has 0 aliphatic rings. The fourth-order valence-electron chi connectivity index (χ4n) is 3.80. The zero-order valence-electron chi connectivity index (χ0n) is 15.5. The Morgan fingerprint density at radius 3 is 1.78 bits per heavy atom. The molecule has 0 unspecified atom stereocenters. The molecule has 1 aromatic heterocycles. The molecule has 27 heavy (non-hydrogen) atoms. The summed E-state index contributed by atoms with van der Waals surface area (Å²) < 4.78 is 2.74. The smallest absolute Gasteiger partial charge is 0.0434 e. The van der Waals surface area contributed by atoms with Gasteiger partial charge in [-0.3, -0.25) is 0 Å². The molecule has 0 aliphatic heterocycles. The van der Waals surface area contributed by atoms with Gasteiger partial charge in [0.25, 0.3) is 0 Å². The van der Waals surface area contributed by atoms with E-state index < -0.39 is 0 Å². The Kier molecular flexibility index (Phi) is 3.84. The molecule has 0 amide bonds. The number of rotatable bonds is 2. The minimum absolute atomic E-state index is 1.28. The predicted octanol–water partition coefficient (Wildman–Crippen LogP) is 8.01. The van der Waals surface area contributed by atoms with E-state index in [1.54, 1.807) is 0 Å². The Labute approximate surface area is 163 Å². The van der Waals surface area contributed by atoms with Gasteiger partial charge in [-0.1, -0.05) is 84.9 Å². The summed E-state index contributed by atoms with van der Waals surface area (Å²) in [5, 5.41) is 2.70. The highest BCUT2D eigenvalue weighted by Gasteiger charge is 2.13. The lowest BCUT2D eigenvalue weighted by Gasteiger charge is -2.07.